The van der Waals surface area contributed by atoms with Gasteiger partial charge in [0.25, 0.3) is 0 Å². The molecule has 0 saturated heterocycles. The summed E-state index contributed by atoms with van der Waals surface area (Å²) in [5.74, 6) is 2.12. The maximum absolute atomic E-state index is 12.4. The first-order chi connectivity index (χ1) is 11.1. The molecule has 1 aliphatic heterocycles. The summed E-state index contributed by atoms with van der Waals surface area (Å²) in [6.45, 7) is 4.43. The van der Waals surface area contributed by atoms with Crippen molar-refractivity contribution in [1.29, 1.82) is 0 Å². The van der Waals surface area contributed by atoms with Crippen molar-refractivity contribution in [2.45, 2.75) is 13.8 Å². The fraction of sp³-hybridized carbons (Fsp3) is 0.211. The van der Waals surface area contributed by atoms with E-state index in [0.29, 0.717) is 35.2 Å². The minimum absolute atomic E-state index is 0.100. The predicted molar refractivity (Wildman–Crippen MR) is 88.3 cm³/mol. The number of Topliss-reactive ketones (excluding diaryl/α,β-unsaturated/α-hetero) is 1. The van der Waals surface area contributed by atoms with Crippen molar-refractivity contribution >= 4 is 11.9 Å². The van der Waals surface area contributed by atoms with Gasteiger partial charge in [-0.3, -0.25) is 4.79 Å². The molecule has 0 fully saturated rings. The number of aryl methyl sites for hydroxylation is 1. The van der Waals surface area contributed by atoms with Crippen LogP contribution in [0.25, 0.3) is 6.08 Å². The van der Waals surface area contributed by atoms with Gasteiger partial charge in [0.2, 0.25) is 5.78 Å². The predicted octanol–water partition coefficient (Wildman–Crippen LogP) is 4.02. The van der Waals surface area contributed by atoms with E-state index in [1.54, 1.807) is 13.2 Å². The smallest absolute Gasteiger partial charge is 0.231 e. The monoisotopic (exact) mass is 310 g/mol. The average Bonchev–Trinajstić information content (AvgIpc) is 2.85. The summed E-state index contributed by atoms with van der Waals surface area (Å²) in [5, 5.41) is 0. The van der Waals surface area contributed by atoms with E-state index in [0.717, 1.165) is 11.1 Å². The molecule has 0 bridgehead atoms. The van der Waals surface area contributed by atoms with Gasteiger partial charge in [-0.05, 0) is 49.8 Å². The fourth-order valence-corrected chi connectivity index (χ4v) is 2.50. The van der Waals surface area contributed by atoms with Gasteiger partial charge in [0.1, 0.15) is 5.75 Å². The van der Waals surface area contributed by atoms with Crippen LogP contribution in [-0.2, 0) is 0 Å². The lowest BCUT2D eigenvalue weighted by molar-refractivity contribution is 0.101. The molecule has 0 aromatic heterocycles. The lowest BCUT2D eigenvalue weighted by atomic mass is 10.1. The topological polar surface area (TPSA) is 44.8 Å². The van der Waals surface area contributed by atoms with Crippen molar-refractivity contribution in [3.8, 4) is 17.2 Å². The van der Waals surface area contributed by atoms with Gasteiger partial charge in [0.05, 0.1) is 19.3 Å². The number of carbonyl (C=O) groups excluding carboxylic acids is 1. The highest BCUT2D eigenvalue weighted by atomic mass is 16.5. The largest absolute Gasteiger partial charge is 0.493 e. The molecule has 23 heavy (non-hydrogen) atoms. The zero-order chi connectivity index (χ0) is 16.4. The summed E-state index contributed by atoms with van der Waals surface area (Å²) < 4.78 is 16.5. The number of rotatable bonds is 4. The molecule has 0 spiro atoms. The number of methoxy groups -OCH3 is 1. The number of fused-ring (bicyclic) bond motifs is 1. The van der Waals surface area contributed by atoms with Crippen LogP contribution in [-0.4, -0.2) is 19.5 Å². The molecule has 0 atom stereocenters. The molecule has 3 rings (SSSR count). The Morgan fingerprint density at radius 2 is 1.96 bits per heavy atom. The molecule has 0 unspecified atom stereocenters. The summed E-state index contributed by atoms with van der Waals surface area (Å²) >= 11 is 0. The third-order valence-electron chi connectivity index (χ3n) is 3.61. The van der Waals surface area contributed by atoms with Crippen molar-refractivity contribution in [3.05, 3.63) is 58.8 Å². The van der Waals surface area contributed by atoms with Crippen molar-refractivity contribution in [1.82, 2.24) is 0 Å². The van der Waals surface area contributed by atoms with Crippen molar-refractivity contribution < 1.29 is 19.0 Å². The minimum atomic E-state index is -0.100. The van der Waals surface area contributed by atoms with Gasteiger partial charge in [-0.25, -0.2) is 0 Å². The van der Waals surface area contributed by atoms with Crippen LogP contribution < -0.4 is 14.2 Å². The van der Waals surface area contributed by atoms with E-state index in [1.165, 1.54) is 0 Å². The molecule has 0 amide bonds. The third kappa shape index (κ3) is 2.93. The quantitative estimate of drug-likeness (QED) is 0.800. The number of ketones is 1. The zero-order valence-electron chi connectivity index (χ0n) is 13.4. The van der Waals surface area contributed by atoms with E-state index >= 15 is 0 Å². The molecule has 0 N–H and O–H groups in total. The van der Waals surface area contributed by atoms with Crippen LogP contribution in [0.1, 0.15) is 28.4 Å². The number of allylic oxidation sites excluding steroid dienone is 1. The normalized spacial score (nSPS) is 14.6. The fourth-order valence-electron chi connectivity index (χ4n) is 2.50. The lowest BCUT2D eigenvalue weighted by Crippen LogP contribution is -1.99. The van der Waals surface area contributed by atoms with Gasteiger partial charge in [0, 0.05) is 0 Å². The van der Waals surface area contributed by atoms with E-state index in [9.17, 15) is 4.79 Å². The Bertz CT molecular complexity index is 790. The Labute approximate surface area is 135 Å². The van der Waals surface area contributed by atoms with E-state index in [-0.39, 0.29) is 5.78 Å². The highest BCUT2D eigenvalue weighted by molar-refractivity contribution is 6.14. The molecule has 1 aliphatic rings. The van der Waals surface area contributed by atoms with Gasteiger partial charge >= 0.3 is 0 Å². The second-order valence-corrected chi connectivity index (χ2v) is 5.28. The summed E-state index contributed by atoms with van der Waals surface area (Å²) in [6.07, 6.45) is 1.72. The van der Waals surface area contributed by atoms with E-state index in [2.05, 4.69) is 0 Å². The Balaban J connectivity index is 1.93. The first-order valence-electron chi connectivity index (χ1n) is 7.48. The second-order valence-electron chi connectivity index (χ2n) is 5.28. The van der Waals surface area contributed by atoms with Crippen LogP contribution in [0.5, 0.6) is 17.2 Å². The maximum Gasteiger partial charge on any atom is 0.231 e. The number of benzene rings is 2. The molecule has 0 saturated carbocycles. The van der Waals surface area contributed by atoms with E-state index < -0.39 is 0 Å². The van der Waals surface area contributed by atoms with Crippen LogP contribution >= 0.6 is 0 Å². The summed E-state index contributed by atoms with van der Waals surface area (Å²) in [7, 11) is 1.59. The molecule has 0 aliphatic carbocycles. The molecule has 0 radical (unpaired) electrons. The van der Waals surface area contributed by atoms with E-state index in [1.807, 2.05) is 50.2 Å². The molecule has 4 heteroatoms. The summed E-state index contributed by atoms with van der Waals surface area (Å²) in [4.78, 5) is 12.4. The Kier molecular flexibility index (Phi) is 4.06. The SMILES string of the molecule is CCOc1ccc(/C=C2\Oc3ccc(C)cc3C2=O)cc1OC. The third-order valence-corrected chi connectivity index (χ3v) is 3.61. The summed E-state index contributed by atoms with van der Waals surface area (Å²) in [5.41, 5.74) is 2.46. The molecule has 2 aromatic rings. The maximum atomic E-state index is 12.4. The van der Waals surface area contributed by atoms with Crippen LogP contribution in [0.4, 0.5) is 0 Å². The average molecular weight is 310 g/mol. The van der Waals surface area contributed by atoms with Crippen LogP contribution in [0.15, 0.2) is 42.2 Å². The first-order valence-corrected chi connectivity index (χ1v) is 7.48. The van der Waals surface area contributed by atoms with E-state index in [4.69, 9.17) is 14.2 Å². The standard InChI is InChI=1S/C19H18O4/c1-4-22-16-8-6-13(10-17(16)21-3)11-18-19(20)14-9-12(2)5-7-15(14)23-18/h5-11H,4H2,1-3H3/b18-11-. The van der Waals surface area contributed by atoms with Crippen LogP contribution in [0, 0.1) is 6.92 Å². The molecule has 2 aromatic carbocycles. The molecular formula is C19H18O4. The number of carbonyl (C=O) groups is 1. The number of ether oxygens (including phenoxy) is 3. The highest BCUT2D eigenvalue weighted by Gasteiger charge is 2.27. The van der Waals surface area contributed by atoms with Gasteiger partial charge in [-0.1, -0.05) is 17.7 Å². The van der Waals surface area contributed by atoms with Gasteiger partial charge < -0.3 is 14.2 Å². The van der Waals surface area contributed by atoms with Gasteiger partial charge in [-0.15, -0.1) is 0 Å². The molecule has 1 heterocycles. The van der Waals surface area contributed by atoms with Crippen LogP contribution in [0.2, 0.25) is 0 Å². The van der Waals surface area contributed by atoms with Crippen molar-refractivity contribution in [2.24, 2.45) is 0 Å². The van der Waals surface area contributed by atoms with Gasteiger partial charge in [-0.2, -0.15) is 0 Å². The zero-order valence-corrected chi connectivity index (χ0v) is 13.4. The molecule has 4 nitrogen and oxygen atoms in total. The minimum Gasteiger partial charge on any atom is -0.493 e. The Morgan fingerprint density at radius 1 is 1.13 bits per heavy atom. The van der Waals surface area contributed by atoms with Crippen molar-refractivity contribution in [3.63, 3.8) is 0 Å². The second kappa shape index (κ2) is 6.16. The first kappa shape index (κ1) is 15.2. The molecular weight excluding hydrogens is 292 g/mol. The molecule has 118 valence electrons. The summed E-state index contributed by atoms with van der Waals surface area (Å²) in [6, 6.07) is 11.1. The number of hydrogen-bond donors (Lipinski definition) is 0. The lowest BCUT2D eigenvalue weighted by Gasteiger charge is -2.09. The Morgan fingerprint density at radius 3 is 2.70 bits per heavy atom. The van der Waals surface area contributed by atoms with Crippen LogP contribution in [0.3, 0.4) is 0 Å². The highest BCUT2D eigenvalue weighted by Crippen LogP contribution is 2.34. The van der Waals surface area contributed by atoms with Crippen molar-refractivity contribution in [2.75, 3.05) is 13.7 Å². The Hall–Kier alpha value is -2.75. The number of hydrogen-bond acceptors (Lipinski definition) is 4. The van der Waals surface area contributed by atoms with Gasteiger partial charge in [0.15, 0.2) is 17.3 Å².